The largest absolute Gasteiger partial charge is 0.507 e. The number of phenols is 1. The van der Waals surface area contributed by atoms with E-state index in [1.54, 1.807) is 32.1 Å². The molecule has 0 saturated heterocycles. The standard InChI is InChI=1S/C16H14N2O5/c1-10-7-12(8-11(2)16(10)19)3-4-13-5-6-14(17(20)21)9-15(13)18(22)23/h3-9,19H,1-2H3/b4-3+. The van der Waals surface area contributed by atoms with Crippen molar-refractivity contribution < 1.29 is 15.0 Å². The van der Waals surface area contributed by atoms with Crippen molar-refractivity contribution in [1.29, 1.82) is 0 Å². The Morgan fingerprint density at radius 2 is 1.57 bits per heavy atom. The smallest absolute Gasteiger partial charge is 0.283 e. The maximum Gasteiger partial charge on any atom is 0.283 e. The molecular formula is C16H14N2O5. The number of non-ortho nitro benzene ring substituents is 1. The molecule has 7 nitrogen and oxygen atoms in total. The third-order valence-corrected chi connectivity index (χ3v) is 3.39. The summed E-state index contributed by atoms with van der Waals surface area (Å²) in [7, 11) is 0. The fourth-order valence-electron chi connectivity index (χ4n) is 2.22. The number of aryl methyl sites for hydroxylation is 2. The molecule has 0 spiro atoms. The van der Waals surface area contributed by atoms with E-state index in [1.807, 2.05) is 0 Å². The summed E-state index contributed by atoms with van der Waals surface area (Å²) in [6.07, 6.45) is 3.18. The van der Waals surface area contributed by atoms with Crippen molar-refractivity contribution in [2.24, 2.45) is 0 Å². The highest BCUT2D eigenvalue weighted by molar-refractivity contribution is 5.75. The third kappa shape index (κ3) is 3.52. The summed E-state index contributed by atoms with van der Waals surface area (Å²) >= 11 is 0. The Labute approximate surface area is 131 Å². The molecule has 2 rings (SSSR count). The van der Waals surface area contributed by atoms with Crippen LogP contribution in [-0.2, 0) is 0 Å². The van der Waals surface area contributed by atoms with Crippen molar-refractivity contribution in [3.05, 3.63) is 72.8 Å². The molecule has 7 heteroatoms. The minimum Gasteiger partial charge on any atom is -0.507 e. The number of hydrogen-bond acceptors (Lipinski definition) is 5. The molecule has 2 aromatic carbocycles. The van der Waals surface area contributed by atoms with Gasteiger partial charge in [-0.1, -0.05) is 6.08 Å². The first-order chi connectivity index (χ1) is 10.8. The Kier molecular flexibility index (Phi) is 4.40. The number of phenolic OH excluding ortho intramolecular Hbond substituents is 1. The number of rotatable bonds is 4. The average molecular weight is 314 g/mol. The van der Waals surface area contributed by atoms with E-state index in [0.717, 1.165) is 11.6 Å². The van der Waals surface area contributed by atoms with Crippen LogP contribution in [0.5, 0.6) is 5.75 Å². The molecule has 2 aromatic rings. The second kappa shape index (κ2) is 6.27. The topological polar surface area (TPSA) is 107 Å². The summed E-state index contributed by atoms with van der Waals surface area (Å²) in [6, 6.07) is 6.99. The second-order valence-corrected chi connectivity index (χ2v) is 5.09. The van der Waals surface area contributed by atoms with E-state index in [1.165, 1.54) is 18.2 Å². The van der Waals surface area contributed by atoms with Crippen LogP contribution in [0.4, 0.5) is 11.4 Å². The Balaban J connectivity index is 2.43. The van der Waals surface area contributed by atoms with Gasteiger partial charge in [-0.3, -0.25) is 20.2 Å². The fraction of sp³-hybridized carbons (Fsp3) is 0.125. The Hall–Kier alpha value is -3.22. The van der Waals surface area contributed by atoms with Crippen LogP contribution in [0.25, 0.3) is 12.2 Å². The van der Waals surface area contributed by atoms with Crippen LogP contribution in [0.15, 0.2) is 30.3 Å². The van der Waals surface area contributed by atoms with Gasteiger partial charge in [-0.2, -0.15) is 0 Å². The van der Waals surface area contributed by atoms with E-state index in [2.05, 4.69) is 0 Å². The Morgan fingerprint density at radius 1 is 0.957 bits per heavy atom. The maximum absolute atomic E-state index is 11.1. The second-order valence-electron chi connectivity index (χ2n) is 5.09. The lowest BCUT2D eigenvalue weighted by atomic mass is 10.0. The van der Waals surface area contributed by atoms with E-state index >= 15 is 0 Å². The monoisotopic (exact) mass is 314 g/mol. The van der Waals surface area contributed by atoms with E-state index in [0.29, 0.717) is 11.1 Å². The predicted octanol–water partition coefficient (Wildman–Crippen LogP) is 4.00. The summed E-state index contributed by atoms with van der Waals surface area (Å²) in [5.74, 6) is 0.212. The van der Waals surface area contributed by atoms with Crippen LogP contribution in [0.3, 0.4) is 0 Å². The summed E-state index contributed by atoms with van der Waals surface area (Å²) < 4.78 is 0. The molecule has 1 N–H and O–H groups in total. The molecule has 0 bridgehead atoms. The van der Waals surface area contributed by atoms with Gasteiger partial charge >= 0.3 is 0 Å². The first-order valence-corrected chi connectivity index (χ1v) is 6.70. The molecule has 0 radical (unpaired) electrons. The molecule has 0 aliphatic carbocycles. The lowest BCUT2D eigenvalue weighted by molar-refractivity contribution is -0.394. The molecule has 0 aliphatic rings. The van der Waals surface area contributed by atoms with Crippen LogP contribution >= 0.6 is 0 Å². The van der Waals surface area contributed by atoms with Gasteiger partial charge in [0.05, 0.1) is 21.5 Å². The lowest BCUT2D eigenvalue weighted by Gasteiger charge is -2.04. The molecule has 0 amide bonds. The van der Waals surface area contributed by atoms with Crippen LogP contribution in [0.1, 0.15) is 22.3 Å². The van der Waals surface area contributed by atoms with Gasteiger partial charge in [0.2, 0.25) is 0 Å². The first-order valence-electron chi connectivity index (χ1n) is 6.70. The number of nitrogens with zero attached hydrogens (tertiary/aromatic N) is 2. The molecule has 0 aliphatic heterocycles. The molecule has 0 fully saturated rings. The van der Waals surface area contributed by atoms with Crippen molar-refractivity contribution >= 4 is 23.5 Å². The van der Waals surface area contributed by atoms with E-state index in [4.69, 9.17) is 0 Å². The van der Waals surface area contributed by atoms with E-state index in [9.17, 15) is 25.3 Å². The Bertz CT molecular complexity index is 804. The van der Waals surface area contributed by atoms with Gasteiger partial charge in [0.25, 0.3) is 11.4 Å². The number of benzene rings is 2. The van der Waals surface area contributed by atoms with Gasteiger partial charge in [-0.05, 0) is 54.8 Å². The van der Waals surface area contributed by atoms with Crippen molar-refractivity contribution in [2.75, 3.05) is 0 Å². The minimum atomic E-state index is -0.673. The zero-order chi connectivity index (χ0) is 17.1. The summed E-state index contributed by atoms with van der Waals surface area (Å²) in [6.45, 7) is 3.52. The number of nitro groups is 2. The fourth-order valence-corrected chi connectivity index (χ4v) is 2.22. The highest BCUT2D eigenvalue weighted by atomic mass is 16.6. The molecule has 0 unspecified atom stereocenters. The molecule has 0 aromatic heterocycles. The number of aromatic hydroxyl groups is 1. The third-order valence-electron chi connectivity index (χ3n) is 3.39. The number of hydrogen-bond donors (Lipinski definition) is 1. The summed E-state index contributed by atoms with van der Waals surface area (Å²) in [5, 5.41) is 31.5. The zero-order valence-electron chi connectivity index (χ0n) is 12.5. The molecule has 0 saturated carbocycles. The van der Waals surface area contributed by atoms with Gasteiger partial charge in [0.1, 0.15) is 5.75 Å². The van der Waals surface area contributed by atoms with Crippen molar-refractivity contribution in [1.82, 2.24) is 0 Å². The maximum atomic E-state index is 11.1. The lowest BCUT2D eigenvalue weighted by Crippen LogP contribution is -1.94. The van der Waals surface area contributed by atoms with Crippen molar-refractivity contribution in [3.63, 3.8) is 0 Å². The SMILES string of the molecule is Cc1cc(/C=C/c2ccc([N+](=O)[O-])cc2[N+](=O)[O-])cc(C)c1O. The molecule has 0 atom stereocenters. The van der Waals surface area contributed by atoms with Crippen LogP contribution in [0, 0.1) is 34.1 Å². The van der Waals surface area contributed by atoms with Crippen molar-refractivity contribution in [3.8, 4) is 5.75 Å². The summed E-state index contributed by atoms with van der Waals surface area (Å²) in [4.78, 5) is 20.5. The van der Waals surface area contributed by atoms with Crippen molar-refractivity contribution in [2.45, 2.75) is 13.8 Å². The van der Waals surface area contributed by atoms with E-state index < -0.39 is 9.85 Å². The predicted molar refractivity (Wildman–Crippen MR) is 86.3 cm³/mol. The quantitative estimate of drug-likeness (QED) is 0.521. The first kappa shape index (κ1) is 16.2. The summed E-state index contributed by atoms with van der Waals surface area (Å²) in [5.41, 5.74) is 1.77. The van der Waals surface area contributed by atoms with E-state index in [-0.39, 0.29) is 22.7 Å². The highest BCUT2D eigenvalue weighted by Crippen LogP contribution is 2.28. The molecule has 118 valence electrons. The van der Waals surface area contributed by atoms with Crippen LogP contribution in [-0.4, -0.2) is 15.0 Å². The number of nitro benzene ring substituents is 2. The minimum absolute atomic E-state index is 0.212. The Morgan fingerprint density at radius 3 is 2.09 bits per heavy atom. The molecule has 23 heavy (non-hydrogen) atoms. The van der Waals surface area contributed by atoms with Gasteiger partial charge < -0.3 is 5.11 Å². The van der Waals surface area contributed by atoms with Crippen LogP contribution < -0.4 is 0 Å². The normalized spacial score (nSPS) is 10.9. The van der Waals surface area contributed by atoms with Gasteiger partial charge in [-0.15, -0.1) is 0 Å². The van der Waals surface area contributed by atoms with Gasteiger partial charge in [-0.25, -0.2) is 0 Å². The van der Waals surface area contributed by atoms with Gasteiger partial charge in [0.15, 0.2) is 0 Å². The molecule has 0 heterocycles. The van der Waals surface area contributed by atoms with Gasteiger partial charge in [0, 0.05) is 6.07 Å². The molecular weight excluding hydrogens is 300 g/mol. The average Bonchev–Trinajstić information content (AvgIpc) is 2.49. The zero-order valence-corrected chi connectivity index (χ0v) is 12.5. The van der Waals surface area contributed by atoms with Crippen LogP contribution in [0.2, 0.25) is 0 Å². The highest BCUT2D eigenvalue weighted by Gasteiger charge is 2.17.